The zero-order valence-electron chi connectivity index (χ0n) is 13.2. The topological polar surface area (TPSA) is 54.0 Å². The monoisotopic (exact) mass is 298 g/mol. The second-order valence-electron chi connectivity index (χ2n) is 6.64. The van der Waals surface area contributed by atoms with Crippen molar-refractivity contribution in [1.29, 1.82) is 0 Å². The number of unbranched alkanes of at least 4 members (excludes halogenated alkanes) is 4. The summed E-state index contributed by atoms with van der Waals surface area (Å²) in [6.07, 6.45) is 5.18. The lowest BCUT2D eigenvalue weighted by molar-refractivity contribution is -0.319. The molecule has 3 rings (SSSR count). The molecule has 0 spiro atoms. The maximum atomic E-state index is 12.6. The van der Waals surface area contributed by atoms with E-state index in [1.54, 1.807) is 0 Å². The van der Waals surface area contributed by atoms with Crippen molar-refractivity contribution >= 4 is 5.78 Å². The number of Topliss-reactive ketones (excluding diaryl/α,β-unsaturated/α-hetero) is 1. The fourth-order valence-corrected chi connectivity index (χ4v) is 3.80. The summed E-state index contributed by atoms with van der Waals surface area (Å²) in [5, 5.41) is 0. The van der Waals surface area contributed by atoms with Crippen LogP contribution in [0, 0.1) is 11.8 Å². The lowest BCUT2D eigenvalue weighted by Crippen LogP contribution is -2.66. The number of hydrogen-bond acceptors (Lipinski definition) is 5. The highest BCUT2D eigenvalue weighted by atomic mass is 17.3. The molecule has 3 heterocycles. The molecule has 0 radical (unpaired) electrons. The third kappa shape index (κ3) is 2.44. The molecular formula is C16H26O5. The van der Waals surface area contributed by atoms with Crippen LogP contribution >= 0.6 is 0 Å². The highest BCUT2D eigenvalue weighted by Gasteiger charge is 2.65. The van der Waals surface area contributed by atoms with E-state index in [1.807, 2.05) is 13.8 Å². The van der Waals surface area contributed by atoms with E-state index in [9.17, 15) is 4.79 Å². The van der Waals surface area contributed by atoms with Crippen molar-refractivity contribution in [3.8, 4) is 0 Å². The molecule has 3 aliphatic heterocycles. The van der Waals surface area contributed by atoms with Crippen molar-refractivity contribution in [3.63, 3.8) is 0 Å². The smallest absolute Gasteiger partial charge is 0.223 e. The number of carbonyl (C=O) groups excluding carboxylic acids is 1. The van der Waals surface area contributed by atoms with Gasteiger partial charge in [0.05, 0.1) is 0 Å². The molecule has 0 aromatic carbocycles. The van der Waals surface area contributed by atoms with E-state index in [1.165, 1.54) is 19.3 Å². The molecule has 120 valence electrons. The molecule has 4 bridgehead atoms. The van der Waals surface area contributed by atoms with Gasteiger partial charge >= 0.3 is 0 Å². The molecule has 0 amide bonds. The first-order chi connectivity index (χ1) is 10.1. The summed E-state index contributed by atoms with van der Waals surface area (Å²) in [5.74, 6) is -0.185. The maximum absolute atomic E-state index is 12.6. The maximum Gasteiger partial charge on any atom is 0.223 e. The molecule has 0 aromatic heterocycles. The Morgan fingerprint density at radius 2 is 1.86 bits per heavy atom. The van der Waals surface area contributed by atoms with Gasteiger partial charge in [-0.1, -0.05) is 52.9 Å². The van der Waals surface area contributed by atoms with Gasteiger partial charge in [0.2, 0.25) is 12.6 Å². The van der Waals surface area contributed by atoms with Crippen LogP contribution in [0.4, 0.5) is 0 Å². The van der Waals surface area contributed by atoms with Gasteiger partial charge in [0, 0.05) is 11.8 Å². The fourth-order valence-electron chi connectivity index (χ4n) is 3.80. The quantitative estimate of drug-likeness (QED) is 0.557. The van der Waals surface area contributed by atoms with Gasteiger partial charge in [0.1, 0.15) is 17.5 Å². The minimum Gasteiger partial charge on any atom is -0.359 e. The number of fused-ring (bicyclic) bond motifs is 6. The average molecular weight is 298 g/mol. The molecule has 0 aromatic rings. The zero-order chi connectivity index (χ0) is 15.0. The van der Waals surface area contributed by atoms with E-state index in [0.717, 1.165) is 19.3 Å². The summed E-state index contributed by atoms with van der Waals surface area (Å²) in [5.41, 5.74) is -0.673. The molecule has 0 aliphatic carbocycles. The average Bonchev–Trinajstić information content (AvgIpc) is 2.93. The summed E-state index contributed by atoms with van der Waals surface area (Å²) >= 11 is 0. The third-order valence-electron chi connectivity index (χ3n) is 5.29. The summed E-state index contributed by atoms with van der Waals surface area (Å²) in [6, 6.07) is 0. The molecule has 3 fully saturated rings. The summed E-state index contributed by atoms with van der Waals surface area (Å²) in [7, 11) is 0. The molecule has 5 nitrogen and oxygen atoms in total. The van der Waals surface area contributed by atoms with E-state index in [2.05, 4.69) is 6.92 Å². The number of ketones is 1. The van der Waals surface area contributed by atoms with Gasteiger partial charge in [-0.15, -0.1) is 0 Å². The van der Waals surface area contributed by atoms with E-state index >= 15 is 0 Å². The van der Waals surface area contributed by atoms with E-state index < -0.39 is 18.2 Å². The first kappa shape index (κ1) is 15.4. The van der Waals surface area contributed by atoms with Gasteiger partial charge < -0.3 is 9.47 Å². The van der Waals surface area contributed by atoms with Crippen LogP contribution < -0.4 is 0 Å². The summed E-state index contributed by atoms with van der Waals surface area (Å²) < 4.78 is 12.1. The van der Waals surface area contributed by atoms with Crippen molar-refractivity contribution in [2.45, 2.75) is 83.6 Å². The molecule has 5 heteroatoms. The number of ether oxygens (including phenoxy) is 2. The molecule has 3 saturated heterocycles. The van der Waals surface area contributed by atoms with Crippen LogP contribution in [0.5, 0.6) is 0 Å². The Bertz CT molecular complexity index is 398. The van der Waals surface area contributed by atoms with Crippen LogP contribution in [-0.2, 0) is 24.0 Å². The van der Waals surface area contributed by atoms with Gasteiger partial charge in [0.25, 0.3) is 0 Å². The zero-order valence-corrected chi connectivity index (χ0v) is 13.2. The van der Waals surface area contributed by atoms with E-state index in [0.29, 0.717) is 0 Å². The van der Waals surface area contributed by atoms with E-state index in [-0.39, 0.29) is 23.7 Å². The van der Waals surface area contributed by atoms with Gasteiger partial charge in [-0.25, -0.2) is 0 Å². The van der Waals surface area contributed by atoms with Gasteiger partial charge in [-0.2, -0.15) is 9.78 Å². The Kier molecular flexibility index (Phi) is 4.37. The van der Waals surface area contributed by atoms with Gasteiger partial charge in [-0.3, -0.25) is 4.79 Å². The third-order valence-corrected chi connectivity index (χ3v) is 5.29. The molecule has 0 N–H and O–H groups in total. The molecule has 21 heavy (non-hydrogen) atoms. The fraction of sp³-hybridized carbons (Fsp3) is 0.938. The Hall–Kier alpha value is -0.490. The predicted octanol–water partition coefficient (Wildman–Crippen LogP) is 2.97. The van der Waals surface area contributed by atoms with Crippen molar-refractivity contribution in [2.24, 2.45) is 11.8 Å². The van der Waals surface area contributed by atoms with Gasteiger partial charge in [-0.05, 0) is 6.42 Å². The highest BCUT2D eigenvalue weighted by Crippen LogP contribution is 2.50. The minimum absolute atomic E-state index is 0.208. The largest absolute Gasteiger partial charge is 0.359 e. The SMILES string of the molecule is CCCCCCC[C@@]12O[C@@H]([C@H]3OO[C@@H]1O3)[C@@H](C)C(=O)[C@H]2C. The first-order valence-electron chi connectivity index (χ1n) is 8.29. The van der Waals surface area contributed by atoms with E-state index in [4.69, 9.17) is 19.2 Å². The molecule has 3 aliphatic rings. The number of hydrogen-bond donors (Lipinski definition) is 0. The molecular weight excluding hydrogens is 272 g/mol. The summed E-state index contributed by atoms with van der Waals surface area (Å²) in [6.45, 7) is 6.03. The lowest BCUT2D eigenvalue weighted by Gasteiger charge is -2.51. The van der Waals surface area contributed by atoms with Crippen LogP contribution in [0.1, 0.15) is 59.3 Å². The predicted molar refractivity (Wildman–Crippen MR) is 75.1 cm³/mol. The van der Waals surface area contributed by atoms with Crippen LogP contribution in [-0.4, -0.2) is 30.1 Å². The second kappa shape index (κ2) is 5.95. The van der Waals surface area contributed by atoms with Crippen LogP contribution in [0.25, 0.3) is 0 Å². The highest BCUT2D eigenvalue weighted by molar-refractivity contribution is 5.85. The number of carbonyl (C=O) groups is 1. The van der Waals surface area contributed by atoms with Crippen LogP contribution in [0.2, 0.25) is 0 Å². The Balaban J connectivity index is 1.72. The minimum atomic E-state index is -0.673. The Morgan fingerprint density at radius 3 is 2.62 bits per heavy atom. The molecule has 6 atom stereocenters. The van der Waals surface area contributed by atoms with Crippen molar-refractivity contribution in [3.05, 3.63) is 0 Å². The van der Waals surface area contributed by atoms with Crippen LogP contribution in [0.3, 0.4) is 0 Å². The Labute approximate surface area is 126 Å². The number of rotatable bonds is 6. The second-order valence-corrected chi connectivity index (χ2v) is 6.64. The van der Waals surface area contributed by atoms with Crippen molar-refractivity contribution in [1.82, 2.24) is 0 Å². The normalized spacial score (nSPS) is 45.1. The molecule has 0 saturated carbocycles. The standard InChI is InChI=1S/C16H26O5/c1-4-5-6-7-8-9-16-11(3)12(17)10(2)13(19-16)14-18-15(16)21-20-14/h10-11,13-15H,4-9H2,1-3H3/t10-,11+,13+,14+,15-,16-/m0/s1. The lowest BCUT2D eigenvalue weighted by atomic mass is 9.72. The Morgan fingerprint density at radius 1 is 1.10 bits per heavy atom. The first-order valence-corrected chi connectivity index (χ1v) is 8.29. The van der Waals surface area contributed by atoms with Crippen LogP contribution in [0.15, 0.2) is 0 Å². The van der Waals surface area contributed by atoms with Crippen molar-refractivity contribution in [2.75, 3.05) is 0 Å². The van der Waals surface area contributed by atoms with Gasteiger partial charge in [0.15, 0.2) is 0 Å². The van der Waals surface area contributed by atoms with Crippen molar-refractivity contribution < 1.29 is 24.0 Å². The molecule has 0 unspecified atom stereocenters. The summed E-state index contributed by atoms with van der Waals surface area (Å²) in [4.78, 5) is 23.1.